The molecule has 2 aliphatic heterocycles. The molecule has 0 aromatic heterocycles. The lowest BCUT2D eigenvalue weighted by atomic mass is 9.90. The van der Waals surface area contributed by atoms with E-state index in [1.807, 2.05) is 49.4 Å². The molecular formula is C33H33F6N3O3. The van der Waals surface area contributed by atoms with Crippen LogP contribution in [0.15, 0.2) is 66.7 Å². The second-order valence-electron chi connectivity index (χ2n) is 11.5. The van der Waals surface area contributed by atoms with Crippen molar-refractivity contribution in [2.45, 2.75) is 63.8 Å². The summed E-state index contributed by atoms with van der Waals surface area (Å²) in [4.78, 5) is 31.2. The highest BCUT2D eigenvalue weighted by atomic mass is 19.4. The van der Waals surface area contributed by atoms with E-state index in [-0.39, 0.29) is 36.7 Å². The first-order valence-corrected chi connectivity index (χ1v) is 14.5. The second-order valence-corrected chi connectivity index (χ2v) is 11.5. The van der Waals surface area contributed by atoms with Gasteiger partial charge >= 0.3 is 18.4 Å². The van der Waals surface area contributed by atoms with E-state index < -0.39 is 41.6 Å². The number of alkyl halides is 6. The monoisotopic (exact) mass is 633 g/mol. The van der Waals surface area contributed by atoms with Crippen LogP contribution in [-0.4, -0.2) is 52.8 Å². The number of carbonyl (C=O) groups excluding carboxylic acids is 2. The van der Waals surface area contributed by atoms with E-state index >= 15 is 0 Å². The van der Waals surface area contributed by atoms with Crippen molar-refractivity contribution in [1.29, 1.82) is 0 Å². The number of urea groups is 1. The second kappa shape index (κ2) is 12.3. The molecule has 0 saturated carbocycles. The number of nitrogens with zero attached hydrogens (tertiary/aromatic N) is 3. The van der Waals surface area contributed by atoms with Crippen molar-refractivity contribution in [2.75, 3.05) is 20.1 Å². The highest BCUT2D eigenvalue weighted by Crippen LogP contribution is 2.42. The summed E-state index contributed by atoms with van der Waals surface area (Å²) in [6.45, 7) is 4.03. The van der Waals surface area contributed by atoms with Gasteiger partial charge in [0.25, 0.3) is 0 Å². The Kier molecular flexibility index (Phi) is 8.79. The third-order valence-corrected chi connectivity index (χ3v) is 8.69. The van der Waals surface area contributed by atoms with Crippen molar-refractivity contribution in [3.63, 3.8) is 0 Å². The molecule has 3 atom stereocenters. The van der Waals surface area contributed by atoms with Gasteiger partial charge in [0, 0.05) is 26.6 Å². The van der Waals surface area contributed by atoms with Gasteiger partial charge in [0.2, 0.25) is 5.91 Å². The molecule has 6 nitrogen and oxygen atoms in total. The van der Waals surface area contributed by atoms with Crippen LogP contribution >= 0.6 is 0 Å². The number of ether oxygens (including phenoxy) is 1. The highest BCUT2D eigenvalue weighted by molar-refractivity contribution is 5.81. The van der Waals surface area contributed by atoms with Crippen LogP contribution in [0.5, 0.6) is 5.75 Å². The first kappa shape index (κ1) is 32.2. The summed E-state index contributed by atoms with van der Waals surface area (Å²) >= 11 is 0. The Morgan fingerprint density at radius 3 is 2.20 bits per heavy atom. The smallest absolute Gasteiger partial charge is 0.416 e. The van der Waals surface area contributed by atoms with Gasteiger partial charge in [-0.05, 0) is 72.9 Å². The van der Waals surface area contributed by atoms with Gasteiger partial charge in [0.1, 0.15) is 12.4 Å². The van der Waals surface area contributed by atoms with Gasteiger partial charge in [-0.2, -0.15) is 26.3 Å². The van der Waals surface area contributed by atoms with Crippen molar-refractivity contribution in [2.24, 2.45) is 0 Å². The molecule has 240 valence electrons. The van der Waals surface area contributed by atoms with Crippen LogP contribution in [0.25, 0.3) is 0 Å². The maximum Gasteiger partial charge on any atom is 0.416 e. The normalized spacial score (nSPS) is 19.4. The van der Waals surface area contributed by atoms with E-state index in [2.05, 4.69) is 0 Å². The number of benzene rings is 3. The van der Waals surface area contributed by atoms with Crippen LogP contribution < -0.4 is 4.74 Å². The molecule has 3 amide bonds. The van der Waals surface area contributed by atoms with Gasteiger partial charge in [0.05, 0.1) is 29.3 Å². The molecule has 5 rings (SSSR count). The Morgan fingerprint density at radius 2 is 1.60 bits per heavy atom. The molecule has 0 spiro atoms. The van der Waals surface area contributed by atoms with Crippen LogP contribution in [0.1, 0.15) is 65.2 Å². The maximum absolute atomic E-state index is 14.0. The zero-order chi connectivity index (χ0) is 32.7. The molecule has 3 aromatic rings. The molecule has 0 aliphatic carbocycles. The molecule has 2 heterocycles. The van der Waals surface area contributed by atoms with Gasteiger partial charge in [0.15, 0.2) is 0 Å². The Balaban J connectivity index is 1.44. The minimum atomic E-state index is -5.01. The lowest BCUT2D eigenvalue weighted by molar-refractivity contribution is -0.143. The number of hydrogen-bond acceptors (Lipinski definition) is 3. The summed E-state index contributed by atoms with van der Waals surface area (Å²) in [5, 5.41) is 0. The predicted molar refractivity (Wildman–Crippen MR) is 154 cm³/mol. The lowest BCUT2D eigenvalue weighted by Crippen LogP contribution is -2.57. The largest absolute Gasteiger partial charge is 0.489 e. The number of halogens is 6. The summed E-state index contributed by atoms with van der Waals surface area (Å²) < 4.78 is 87.3. The van der Waals surface area contributed by atoms with E-state index in [4.69, 9.17) is 4.74 Å². The molecule has 2 saturated heterocycles. The predicted octanol–water partition coefficient (Wildman–Crippen LogP) is 7.77. The molecule has 12 heteroatoms. The van der Waals surface area contributed by atoms with Gasteiger partial charge in [-0.25, -0.2) is 4.79 Å². The topological polar surface area (TPSA) is 53.1 Å². The Hall–Kier alpha value is -4.22. The SMILES string of the molecule is Cc1cc(OCc2ccccc2)ccc1[C@H]1[C@@H]2CCC(=O)N2CCN1C(=O)N(C)[C@H](C)c1cc(C(F)(F)F)cc(C(F)(F)F)c1. The van der Waals surface area contributed by atoms with Crippen LogP contribution in [0, 0.1) is 6.92 Å². The number of carbonyl (C=O) groups is 2. The highest BCUT2D eigenvalue weighted by Gasteiger charge is 2.46. The molecule has 0 N–H and O–H groups in total. The molecule has 0 unspecified atom stereocenters. The number of fused-ring (bicyclic) bond motifs is 1. The number of amides is 3. The first-order valence-electron chi connectivity index (χ1n) is 14.5. The Morgan fingerprint density at radius 1 is 0.956 bits per heavy atom. The van der Waals surface area contributed by atoms with Crippen LogP contribution in [0.4, 0.5) is 31.1 Å². The lowest BCUT2D eigenvalue weighted by Gasteiger charge is -2.47. The molecule has 2 aliphatic rings. The fraction of sp³-hybridized carbons (Fsp3) is 0.394. The summed E-state index contributed by atoms with van der Waals surface area (Å²) in [5.41, 5.74) is -0.603. The maximum atomic E-state index is 14.0. The van der Waals surface area contributed by atoms with Gasteiger partial charge in [-0.15, -0.1) is 0 Å². The van der Waals surface area contributed by atoms with Crippen molar-refractivity contribution in [3.05, 3.63) is 100 Å². The average molecular weight is 634 g/mol. The number of hydrogen-bond donors (Lipinski definition) is 0. The van der Waals surface area contributed by atoms with E-state index in [1.54, 1.807) is 15.9 Å². The molecular weight excluding hydrogens is 600 g/mol. The molecule has 45 heavy (non-hydrogen) atoms. The molecule has 0 radical (unpaired) electrons. The fourth-order valence-corrected chi connectivity index (χ4v) is 6.15. The number of aryl methyl sites for hydroxylation is 1. The molecule has 0 bridgehead atoms. The fourth-order valence-electron chi connectivity index (χ4n) is 6.15. The first-order chi connectivity index (χ1) is 21.1. The van der Waals surface area contributed by atoms with Crippen molar-refractivity contribution in [3.8, 4) is 5.75 Å². The van der Waals surface area contributed by atoms with E-state index in [9.17, 15) is 35.9 Å². The third kappa shape index (κ3) is 6.74. The summed E-state index contributed by atoms with van der Waals surface area (Å²) in [6.07, 6.45) is -9.20. The molecule has 3 aromatic carbocycles. The average Bonchev–Trinajstić information content (AvgIpc) is 3.38. The van der Waals surface area contributed by atoms with E-state index in [0.29, 0.717) is 37.3 Å². The molecule has 2 fully saturated rings. The summed E-state index contributed by atoms with van der Waals surface area (Å²) in [5.74, 6) is 0.590. The van der Waals surface area contributed by atoms with Crippen LogP contribution in [0.2, 0.25) is 0 Å². The zero-order valence-corrected chi connectivity index (χ0v) is 25.0. The minimum absolute atomic E-state index is 0.0251. The number of piperazine rings is 1. The number of rotatable bonds is 6. The van der Waals surface area contributed by atoms with Crippen molar-refractivity contribution in [1.82, 2.24) is 14.7 Å². The zero-order valence-electron chi connectivity index (χ0n) is 25.0. The van der Waals surface area contributed by atoms with Gasteiger partial charge < -0.3 is 19.4 Å². The Labute approximate surface area is 257 Å². The van der Waals surface area contributed by atoms with Crippen molar-refractivity contribution < 1.29 is 40.7 Å². The third-order valence-electron chi connectivity index (χ3n) is 8.69. The summed E-state index contributed by atoms with van der Waals surface area (Å²) in [6, 6.07) is 13.9. The summed E-state index contributed by atoms with van der Waals surface area (Å²) in [7, 11) is 1.36. The van der Waals surface area contributed by atoms with Gasteiger partial charge in [-0.1, -0.05) is 36.4 Å². The van der Waals surface area contributed by atoms with E-state index in [0.717, 1.165) is 21.6 Å². The van der Waals surface area contributed by atoms with Crippen LogP contribution in [0.3, 0.4) is 0 Å². The quantitative estimate of drug-likeness (QED) is 0.261. The Bertz CT molecular complexity index is 1530. The van der Waals surface area contributed by atoms with Gasteiger partial charge in [-0.3, -0.25) is 4.79 Å². The minimum Gasteiger partial charge on any atom is -0.489 e. The van der Waals surface area contributed by atoms with E-state index in [1.165, 1.54) is 14.0 Å². The standard InChI is InChI=1S/C33H33F6N3O3/c1-20-15-26(45-19-22-7-5-4-6-8-22)9-10-27(20)30-28-11-12-29(43)41(28)13-14-42(30)31(44)40(3)21(2)23-16-24(32(34,35)36)18-25(17-23)33(37,38)39/h4-10,15-18,21,28,30H,11-14,19H2,1-3H3/t21-,28+,30+/m1/s1. The van der Waals surface area contributed by atoms with Crippen molar-refractivity contribution >= 4 is 11.9 Å². The van der Waals surface area contributed by atoms with Crippen LogP contribution in [-0.2, 0) is 23.8 Å².